The minimum atomic E-state index is -0.329. The highest BCUT2D eigenvalue weighted by Crippen LogP contribution is 2.25. The monoisotopic (exact) mass is 383 g/mol. The molecule has 0 aliphatic heterocycles. The normalized spacial score (nSPS) is 11.2. The lowest BCUT2D eigenvalue weighted by molar-refractivity contribution is -0.145. The van der Waals surface area contributed by atoms with Crippen molar-refractivity contribution < 1.29 is 18.4 Å². The Hall–Kier alpha value is -3.00. The van der Waals surface area contributed by atoms with Crippen LogP contribution in [0.25, 0.3) is 21.7 Å². The third-order valence-corrected chi connectivity index (χ3v) is 5.07. The highest BCUT2D eigenvalue weighted by atomic mass is 32.1. The van der Waals surface area contributed by atoms with E-state index >= 15 is 0 Å². The number of thiazole rings is 1. The number of benzene rings is 1. The zero-order chi connectivity index (χ0) is 18.8. The van der Waals surface area contributed by atoms with Gasteiger partial charge in [0, 0.05) is 6.42 Å². The van der Waals surface area contributed by atoms with Crippen LogP contribution in [0, 0.1) is 13.8 Å². The number of esters is 1. The van der Waals surface area contributed by atoms with Gasteiger partial charge in [0.1, 0.15) is 11.5 Å². The molecule has 27 heavy (non-hydrogen) atoms. The quantitative estimate of drug-likeness (QED) is 0.460. The number of furan rings is 1. The molecule has 4 rings (SSSR count). The Labute approximate surface area is 159 Å². The number of para-hydroxylation sites is 1. The Balaban J connectivity index is 1.31. The largest absolute Gasteiger partial charge is 0.466 e. The van der Waals surface area contributed by atoms with Gasteiger partial charge in [0.2, 0.25) is 0 Å². The third kappa shape index (κ3) is 3.90. The number of fused-ring (bicyclic) bond motifs is 1. The van der Waals surface area contributed by atoms with Gasteiger partial charge < -0.3 is 13.6 Å². The standard InChI is InChI=1S/C19H17N3O4S/c1-11-9-13(12(2)25-11)19-22-21-16(26-19)10-24-18(23)8-7-17-20-14-5-3-4-6-15(14)27-17/h3-6,9H,7-8,10H2,1-2H3. The molecule has 0 atom stereocenters. The van der Waals surface area contributed by atoms with E-state index in [9.17, 15) is 4.79 Å². The fourth-order valence-electron chi connectivity index (χ4n) is 2.71. The third-order valence-electron chi connectivity index (χ3n) is 3.98. The lowest BCUT2D eigenvalue weighted by atomic mass is 10.2. The second kappa shape index (κ2) is 7.32. The molecule has 138 valence electrons. The molecular formula is C19H17N3O4S. The van der Waals surface area contributed by atoms with Crippen LogP contribution < -0.4 is 0 Å². The fraction of sp³-hybridized carbons (Fsp3) is 0.263. The number of aromatic nitrogens is 3. The first-order chi connectivity index (χ1) is 13.1. The van der Waals surface area contributed by atoms with Gasteiger partial charge in [-0.3, -0.25) is 4.79 Å². The van der Waals surface area contributed by atoms with Crippen molar-refractivity contribution in [3.8, 4) is 11.5 Å². The number of ether oxygens (including phenoxy) is 1. The Bertz CT molecular complexity index is 1060. The van der Waals surface area contributed by atoms with Crippen LogP contribution in [-0.4, -0.2) is 21.2 Å². The molecule has 3 heterocycles. The van der Waals surface area contributed by atoms with Crippen LogP contribution >= 0.6 is 11.3 Å². The zero-order valence-electron chi connectivity index (χ0n) is 14.9. The maximum atomic E-state index is 12.0. The summed E-state index contributed by atoms with van der Waals surface area (Å²) in [6.07, 6.45) is 0.793. The summed E-state index contributed by atoms with van der Waals surface area (Å²) in [7, 11) is 0. The smallest absolute Gasteiger partial charge is 0.306 e. The van der Waals surface area contributed by atoms with Crippen LogP contribution in [0.3, 0.4) is 0 Å². The molecule has 7 nitrogen and oxygen atoms in total. The average molecular weight is 383 g/mol. The van der Waals surface area contributed by atoms with E-state index in [0.717, 1.165) is 26.5 Å². The van der Waals surface area contributed by atoms with Crippen LogP contribution in [0.2, 0.25) is 0 Å². The van der Waals surface area contributed by atoms with Gasteiger partial charge in [-0.2, -0.15) is 0 Å². The molecule has 0 amide bonds. The van der Waals surface area contributed by atoms with E-state index in [0.29, 0.717) is 18.1 Å². The van der Waals surface area contributed by atoms with E-state index in [2.05, 4.69) is 15.2 Å². The molecule has 0 radical (unpaired) electrons. The molecule has 8 heteroatoms. The summed E-state index contributed by atoms with van der Waals surface area (Å²) in [5.41, 5.74) is 1.70. The number of carbonyl (C=O) groups is 1. The first-order valence-corrected chi connectivity index (χ1v) is 9.30. The summed E-state index contributed by atoms with van der Waals surface area (Å²) >= 11 is 1.59. The summed E-state index contributed by atoms with van der Waals surface area (Å²) in [6, 6.07) is 9.74. The topological polar surface area (TPSA) is 91.2 Å². The Morgan fingerprint density at radius 1 is 1.19 bits per heavy atom. The van der Waals surface area contributed by atoms with Crippen molar-refractivity contribution in [3.05, 3.63) is 52.8 Å². The van der Waals surface area contributed by atoms with Gasteiger partial charge in [-0.25, -0.2) is 4.98 Å². The first-order valence-electron chi connectivity index (χ1n) is 8.48. The highest BCUT2D eigenvalue weighted by Gasteiger charge is 2.16. The van der Waals surface area contributed by atoms with Crippen molar-refractivity contribution in [1.29, 1.82) is 0 Å². The summed E-state index contributed by atoms with van der Waals surface area (Å²) in [4.78, 5) is 16.5. The molecule has 0 spiro atoms. The Kier molecular flexibility index (Phi) is 4.72. The molecule has 0 bridgehead atoms. The molecule has 3 aromatic heterocycles. The van der Waals surface area contributed by atoms with E-state index in [-0.39, 0.29) is 24.9 Å². The molecule has 0 aliphatic rings. The van der Waals surface area contributed by atoms with Crippen LogP contribution in [0.4, 0.5) is 0 Å². The second-order valence-corrected chi connectivity index (χ2v) is 7.18. The number of hydrogen-bond donors (Lipinski definition) is 0. The maximum Gasteiger partial charge on any atom is 0.306 e. The SMILES string of the molecule is Cc1cc(-c2nnc(COC(=O)CCc3nc4ccccc4s3)o2)c(C)o1. The van der Waals surface area contributed by atoms with Crippen molar-refractivity contribution in [3.63, 3.8) is 0 Å². The number of nitrogens with zero attached hydrogens (tertiary/aromatic N) is 3. The van der Waals surface area contributed by atoms with Crippen molar-refractivity contribution in [2.75, 3.05) is 0 Å². The zero-order valence-corrected chi connectivity index (χ0v) is 15.7. The van der Waals surface area contributed by atoms with Crippen molar-refractivity contribution in [2.24, 2.45) is 0 Å². The number of rotatable bonds is 6. The Morgan fingerprint density at radius 3 is 2.81 bits per heavy atom. The van der Waals surface area contributed by atoms with E-state index in [4.69, 9.17) is 13.6 Å². The van der Waals surface area contributed by atoms with Crippen LogP contribution in [-0.2, 0) is 22.6 Å². The van der Waals surface area contributed by atoms with Crippen molar-refractivity contribution in [1.82, 2.24) is 15.2 Å². The maximum absolute atomic E-state index is 12.0. The molecule has 0 saturated carbocycles. The lowest BCUT2D eigenvalue weighted by Gasteiger charge is -2.00. The molecule has 0 aliphatic carbocycles. The lowest BCUT2D eigenvalue weighted by Crippen LogP contribution is -2.06. The second-order valence-electron chi connectivity index (χ2n) is 6.06. The molecule has 4 aromatic rings. The molecule has 0 unspecified atom stereocenters. The Morgan fingerprint density at radius 2 is 2.04 bits per heavy atom. The molecule has 0 saturated heterocycles. The minimum Gasteiger partial charge on any atom is -0.466 e. The molecular weight excluding hydrogens is 366 g/mol. The highest BCUT2D eigenvalue weighted by molar-refractivity contribution is 7.18. The van der Waals surface area contributed by atoms with Crippen LogP contribution in [0.1, 0.15) is 28.8 Å². The van der Waals surface area contributed by atoms with Crippen molar-refractivity contribution >= 4 is 27.5 Å². The predicted octanol–water partition coefficient (Wildman–Crippen LogP) is 4.23. The molecule has 0 N–H and O–H groups in total. The van der Waals surface area contributed by atoms with Gasteiger partial charge in [0.25, 0.3) is 11.8 Å². The van der Waals surface area contributed by atoms with E-state index < -0.39 is 0 Å². The molecule has 0 fully saturated rings. The molecule has 1 aromatic carbocycles. The summed E-state index contributed by atoms with van der Waals surface area (Å²) in [5, 5.41) is 8.81. The van der Waals surface area contributed by atoms with Gasteiger partial charge in [0.05, 0.1) is 27.2 Å². The number of aryl methyl sites for hydroxylation is 3. The van der Waals surface area contributed by atoms with Gasteiger partial charge in [-0.05, 0) is 32.0 Å². The first kappa shape index (κ1) is 17.4. The van der Waals surface area contributed by atoms with Gasteiger partial charge in [-0.1, -0.05) is 12.1 Å². The van der Waals surface area contributed by atoms with Gasteiger partial charge in [0.15, 0.2) is 6.61 Å². The van der Waals surface area contributed by atoms with Gasteiger partial charge >= 0.3 is 5.97 Å². The average Bonchev–Trinajstić information content (AvgIpc) is 3.35. The number of carbonyl (C=O) groups excluding carboxylic acids is 1. The van der Waals surface area contributed by atoms with Gasteiger partial charge in [-0.15, -0.1) is 21.5 Å². The number of hydrogen-bond acceptors (Lipinski definition) is 8. The summed E-state index contributed by atoms with van der Waals surface area (Å²) < 4.78 is 17.3. The van der Waals surface area contributed by atoms with Crippen LogP contribution in [0.15, 0.2) is 39.2 Å². The van der Waals surface area contributed by atoms with E-state index in [1.165, 1.54) is 0 Å². The van der Waals surface area contributed by atoms with Crippen molar-refractivity contribution in [2.45, 2.75) is 33.3 Å². The van der Waals surface area contributed by atoms with E-state index in [1.54, 1.807) is 11.3 Å². The van der Waals surface area contributed by atoms with E-state index in [1.807, 2.05) is 44.2 Å². The van der Waals surface area contributed by atoms with Crippen LogP contribution in [0.5, 0.6) is 0 Å². The predicted molar refractivity (Wildman–Crippen MR) is 99.2 cm³/mol. The minimum absolute atomic E-state index is 0.0540. The fourth-order valence-corrected chi connectivity index (χ4v) is 3.68. The summed E-state index contributed by atoms with van der Waals surface area (Å²) in [5.74, 6) is 1.74. The summed E-state index contributed by atoms with van der Waals surface area (Å²) in [6.45, 7) is 3.62.